The van der Waals surface area contributed by atoms with Gasteiger partial charge in [0.25, 0.3) is 11.6 Å². The highest BCUT2D eigenvalue weighted by Crippen LogP contribution is 2.42. The maximum Gasteiger partial charge on any atom is 0.471 e. The van der Waals surface area contributed by atoms with Gasteiger partial charge in [0, 0.05) is 56.2 Å². The minimum Gasteiger partial charge on any atom is -0.477 e. The molecule has 0 aliphatic carbocycles. The standard InChI is InChI=1S/C47H62F6N2O23Si/c1-23(56)69-22-32(73-26(4)59)36(74-27(5)60)38-34(54-40(62)46(48,49)50)30(71-24(2)57)18-44(77-38,42(64)65)76-33(21-68-20-29-14-12-11-13-15-29)37(75-28(6)61)39-35(55-41(63)47(51,52)53)31(72-25(3)58)19-45(78-39,43(66)67-7)70-16-17-79(8,9)10/h11-15,30-39H,16-22H2,1-10H3,(H,54,62)(H,55,63)(H,64,65)/t30-,31-,32+,33+,34+,35+,36+,37+,38+,39+,44+,45+/m0/s1. The number of rotatable bonds is 25. The zero-order chi connectivity index (χ0) is 60.0. The summed E-state index contributed by atoms with van der Waals surface area (Å²) >= 11 is 0. The molecule has 1 aromatic carbocycles. The van der Waals surface area contributed by atoms with E-state index in [9.17, 15) is 79.4 Å². The lowest BCUT2D eigenvalue weighted by molar-refractivity contribution is -0.348. The second-order valence-corrected chi connectivity index (χ2v) is 24.7. The van der Waals surface area contributed by atoms with E-state index in [0.29, 0.717) is 26.3 Å². The van der Waals surface area contributed by atoms with Crippen LogP contribution in [0.1, 0.15) is 59.9 Å². The van der Waals surface area contributed by atoms with E-state index in [1.165, 1.54) is 17.4 Å². The molecule has 0 bridgehead atoms. The Morgan fingerprint density at radius 1 is 0.658 bits per heavy atom. The summed E-state index contributed by atoms with van der Waals surface area (Å²) in [5, 5.41) is 14.4. The van der Waals surface area contributed by atoms with Gasteiger partial charge < -0.3 is 72.6 Å². The molecule has 2 aliphatic heterocycles. The fraction of sp³-hybridized carbons (Fsp3) is 0.660. The molecule has 12 atom stereocenters. The molecule has 3 N–H and O–H groups in total. The number of methoxy groups -OCH3 is 1. The Labute approximate surface area is 448 Å². The second kappa shape index (κ2) is 28.1. The molecule has 3 rings (SSSR count). The van der Waals surface area contributed by atoms with E-state index in [0.717, 1.165) is 27.9 Å². The van der Waals surface area contributed by atoms with Gasteiger partial charge in [-0.2, -0.15) is 26.3 Å². The summed E-state index contributed by atoms with van der Waals surface area (Å²) in [6.07, 6.45) is -33.9. The number of halogens is 6. The van der Waals surface area contributed by atoms with E-state index in [1.807, 2.05) is 19.6 Å². The van der Waals surface area contributed by atoms with Crippen molar-refractivity contribution in [2.75, 3.05) is 26.9 Å². The van der Waals surface area contributed by atoms with Gasteiger partial charge in [-0.25, -0.2) is 9.59 Å². The summed E-state index contributed by atoms with van der Waals surface area (Å²) in [6, 6.07) is 2.98. The summed E-state index contributed by atoms with van der Waals surface area (Å²) in [7, 11) is -1.30. The van der Waals surface area contributed by atoms with Crippen LogP contribution < -0.4 is 10.6 Å². The fourth-order valence-electron chi connectivity index (χ4n) is 8.14. The van der Waals surface area contributed by atoms with Gasteiger partial charge in [0.1, 0.15) is 37.1 Å². The average molecular weight is 1170 g/mol. The maximum absolute atomic E-state index is 14.3. The normalized spacial score (nSPS) is 24.9. The largest absolute Gasteiger partial charge is 0.477 e. The van der Waals surface area contributed by atoms with Crippen molar-refractivity contribution in [3.63, 3.8) is 0 Å². The highest BCUT2D eigenvalue weighted by Gasteiger charge is 2.64. The Morgan fingerprint density at radius 3 is 1.52 bits per heavy atom. The van der Waals surface area contributed by atoms with E-state index >= 15 is 0 Å². The van der Waals surface area contributed by atoms with Crippen molar-refractivity contribution in [1.82, 2.24) is 10.6 Å². The highest BCUT2D eigenvalue weighted by atomic mass is 28.3. The molecule has 0 aromatic heterocycles. The Kier molecular flexibility index (Phi) is 23.8. The van der Waals surface area contributed by atoms with E-state index in [1.54, 1.807) is 23.5 Å². The lowest BCUT2D eigenvalue weighted by Crippen LogP contribution is -2.72. The molecule has 25 nitrogen and oxygen atoms in total. The Morgan fingerprint density at radius 2 is 1.11 bits per heavy atom. The lowest BCUT2D eigenvalue weighted by Gasteiger charge is -2.51. The van der Waals surface area contributed by atoms with Gasteiger partial charge in [-0.05, 0) is 11.6 Å². The number of nitrogens with one attached hydrogen (secondary N) is 2. The second-order valence-electron chi connectivity index (χ2n) is 19.1. The molecule has 0 saturated carbocycles. The van der Waals surface area contributed by atoms with Crippen LogP contribution >= 0.6 is 0 Å². The number of amides is 2. The molecule has 2 heterocycles. The van der Waals surface area contributed by atoms with Crippen LogP contribution in [0, 0.1) is 0 Å². The van der Waals surface area contributed by atoms with Crippen molar-refractivity contribution in [3.05, 3.63) is 35.9 Å². The molecule has 2 fully saturated rings. The molecule has 2 saturated heterocycles. The zero-order valence-electron chi connectivity index (χ0n) is 44.3. The molecule has 79 heavy (non-hydrogen) atoms. The van der Waals surface area contributed by atoms with Gasteiger partial charge in [0.2, 0.25) is 0 Å². The number of carboxylic acid groups (broad SMARTS) is 1. The van der Waals surface area contributed by atoms with Crippen LogP contribution in [-0.2, 0) is 111 Å². The average Bonchev–Trinajstić information content (AvgIpc) is 3.31. The maximum atomic E-state index is 14.3. The van der Waals surface area contributed by atoms with Gasteiger partial charge in [0.15, 0.2) is 18.3 Å². The molecular formula is C47H62F6N2O23Si. The summed E-state index contributed by atoms with van der Waals surface area (Å²) < 4.78 is 153. The topological polar surface area (TPSA) is 326 Å². The van der Waals surface area contributed by atoms with Crippen molar-refractivity contribution >= 4 is 67.6 Å². The van der Waals surface area contributed by atoms with Gasteiger partial charge in [-0.1, -0.05) is 50.0 Å². The molecule has 0 spiro atoms. The third-order valence-corrected chi connectivity index (χ3v) is 13.0. The van der Waals surface area contributed by atoms with Crippen LogP contribution in [-0.4, -0.2) is 185 Å². The Balaban J connectivity index is 2.59. The van der Waals surface area contributed by atoms with Crippen molar-refractivity contribution in [2.24, 2.45) is 0 Å². The van der Waals surface area contributed by atoms with Gasteiger partial charge in [0.05, 0.1) is 45.2 Å². The smallest absolute Gasteiger partial charge is 0.471 e. The number of carbonyl (C=O) groups is 10. The lowest BCUT2D eigenvalue weighted by atomic mass is 9.86. The van der Waals surface area contributed by atoms with Gasteiger partial charge in [-0.15, -0.1) is 0 Å². The minimum absolute atomic E-state index is 0.236. The molecule has 1 aromatic rings. The van der Waals surface area contributed by atoms with Crippen LogP contribution in [0.2, 0.25) is 25.7 Å². The number of esters is 7. The molecule has 32 heteroatoms. The SMILES string of the molecule is COC(=O)[C@@]1(OCC[Si](C)(C)C)C[C@H](OC(C)=O)[C@@H](NC(=O)C(F)(F)F)[C@H]([C@H](OC(C)=O)[C@@H](COCc2ccccc2)O[C@]2(C(=O)O)C[C@H](OC(C)=O)[C@@H](NC(=O)C(F)(F)F)[C@H]([C@H](OC(C)=O)[C@@H](COC(C)=O)OC(C)=O)O2)O1. The summed E-state index contributed by atoms with van der Waals surface area (Å²) in [5.74, 6) is -23.8. The molecular weight excluding hydrogens is 1100 g/mol. The number of carboxylic acids is 1. The minimum atomic E-state index is -5.79. The number of benzene rings is 1. The van der Waals surface area contributed by atoms with Gasteiger partial charge >= 0.3 is 71.9 Å². The van der Waals surface area contributed by atoms with E-state index in [2.05, 4.69) is 0 Å². The molecule has 0 unspecified atom stereocenters. The molecule has 2 aliphatic rings. The first-order valence-corrected chi connectivity index (χ1v) is 27.5. The number of aliphatic carboxylic acids is 1. The van der Waals surface area contributed by atoms with Crippen LogP contribution in [0.25, 0.3) is 0 Å². The van der Waals surface area contributed by atoms with Crippen LogP contribution in [0.4, 0.5) is 26.3 Å². The predicted octanol–water partition coefficient (Wildman–Crippen LogP) is 2.49. The van der Waals surface area contributed by atoms with Crippen LogP contribution in [0.5, 0.6) is 0 Å². The summed E-state index contributed by atoms with van der Waals surface area (Å²) in [4.78, 5) is 130. The van der Waals surface area contributed by atoms with Gasteiger partial charge in [-0.3, -0.25) is 38.4 Å². The monoisotopic (exact) mass is 1160 g/mol. The van der Waals surface area contributed by atoms with E-state index < -0.39 is 185 Å². The highest BCUT2D eigenvalue weighted by molar-refractivity contribution is 6.76. The molecule has 0 radical (unpaired) electrons. The summed E-state index contributed by atoms with van der Waals surface area (Å²) in [6.45, 7) is 6.93. The fourth-order valence-corrected chi connectivity index (χ4v) is 8.85. The van der Waals surface area contributed by atoms with Crippen molar-refractivity contribution < 1.29 is 136 Å². The third-order valence-electron chi connectivity index (χ3n) is 11.3. The number of ether oxygens (including phenoxy) is 12. The summed E-state index contributed by atoms with van der Waals surface area (Å²) in [5.41, 5.74) is 0.360. The number of hydrogen-bond donors (Lipinski definition) is 3. The van der Waals surface area contributed by atoms with Crippen molar-refractivity contribution in [1.29, 1.82) is 0 Å². The Hall–Kier alpha value is -6.48. The molecule has 2 amide bonds. The van der Waals surface area contributed by atoms with Crippen molar-refractivity contribution in [3.8, 4) is 0 Å². The first-order valence-electron chi connectivity index (χ1n) is 23.8. The van der Waals surface area contributed by atoms with Crippen LogP contribution in [0.15, 0.2) is 30.3 Å². The number of hydrogen-bond acceptors (Lipinski definition) is 22. The number of carbonyl (C=O) groups excluding carboxylic acids is 9. The zero-order valence-corrected chi connectivity index (χ0v) is 45.3. The first-order chi connectivity index (χ1) is 36.4. The van der Waals surface area contributed by atoms with E-state index in [-0.39, 0.29) is 12.7 Å². The Bertz CT molecular complexity index is 2360. The number of alkyl halides is 6. The molecule has 444 valence electrons. The van der Waals surface area contributed by atoms with Crippen LogP contribution in [0.3, 0.4) is 0 Å². The predicted molar refractivity (Wildman–Crippen MR) is 250 cm³/mol. The third kappa shape index (κ3) is 20.0. The van der Waals surface area contributed by atoms with E-state index in [4.69, 9.17) is 56.8 Å². The quantitative estimate of drug-likeness (QED) is 0.0548. The first kappa shape index (κ1) is 66.8. The van der Waals surface area contributed by atoms with Crippen molar-refractivity contribution in [2.45, 2.75) is 172 Å².